The molecule has 4 nitrogen and oxygen atoms in total. The molecule has 1 saturated heterocycles. The molecule has 3 rings (SSSR count). The Morgan fingerprint density at radius 3 is 2.67 bits per heavy atom. The predicted octanol–water partition coefficient (Wildman–Crippen LogP) is 1.92. The van der Waals surface area contributed by atoms with Crippen LogP contribution >= 0.6 is 11.3 Å². The first kappa shape index (κ1) is 15.0. The average molecular weight is 307 g/mol. The van der Waals surface area contributed by atoms with Crippen molar-refractivity contribution in [2.24, 2.45) is 0 Å². The summed E-state index contributed by atoms with van der Waals surface area (Å²) in [5.41, 5.74) is 0. The molecule has 21 heavy (non-hydrogen) atoms. The van der Waals surface area contributed by atoms with E-state index in [9.17, 15) is 4.79 Å². The summed E-state index contributed by atoms with van der Waals surface area (Å²) in [7, 11) is 0. The molecule has 2 heterocycles. The summed E-state index contributed by atoms with van der Waals surface area (Å²) < 4.78 is 0. The lowest BCUT2D eigenvalue weighted by molar-refractivity contribution is -0.122. The van der Waals surface area contributed by atoms with E-state index in [2.05, 4.69) is 21.2 Å². The number of carbonyl (C=O) groups is 1. The summed E-state index contributed by atoms with van der Waals surface area (Å²) in [6.45, 7) is 5.53. The van der Waals surface area contributed by atoms with E-state index < -0.39 is 0 Å². The van der Waals surface area contributed by atoms with Gasteiger partial charge in [-0.2, -0.15) is 0 Å². The highest BCUT2D eigenvalue weighted by Crippen LogP contribution is 2.24. The summed E-state index contributed by atoms with van der Waals surface area (Å²) >= 11 is 1.69. The Balaban J connectivity index is 1.35. The normalized spacial score (nSPS) is 21.7. The van der Waals surface area contributed by atoms with Crippen LogP contribution in [0, 0.1) is 0 Å². The van der Waals surface area contributed by atoms with Crippen molar-refractivity contribution < 1.29 is 4.79 Å². The molecule has 1 saturated carbocycles. The Morgan fingerprint density at radius 2 is 2.00 bits per heavy atom. The van der Waals surface area contributed by atoms with Crippen LogP contribution in [0.5, 0.6) is 0 Å². The van der Waals surface area contributed by atoms with Gasteiger partial charge in [-0.15, -0.1) is 11.3 Å². The zero-order valence-electron chi connectivity index (χ0n) is 12.6. The van der Waals surface area contributed by atoms with E-state index in [4.69, 9.17) is 0 Å². The Labute approximate surface area is 131 Å². The predicted molar refractivity (Wildman–Crippen MR) is 86.4 cm³/mol. The fourth-order valence-corrected chi connectivity index (χ4v) is 4.06. The van der Waals surface area contributed by atoms with Crippen molar-refractivity contribution in [3.05, 3.63) is 22.4 Å². The third-order valence-corrected chi connectivity index (χ3v) is 5.53. The Bertz CT molecular complexity index is 434. The first-order valence-corrected chi connectivity index (χ1v) is 8.95. The molecular formula is C16H25N3OS. The van der Waals surface area contributed by atoms with Crippen molar-refractivity contribution in [3.8, 4) is 0 Å². The van der Waals surface area contributed by atoms with Crippen LogP contribution in [-0.4, -0.2) is 54.5 Å². The van der Waals surface area contributed by atoms with Crippen molar-refractivity contribution in [2.45, 2.75) is 38.3 Å². The molecular weight excluding hydrogens is 282 g/mol. The van der Waals surface area contributed by atoms with E-state index >= 15 is 0 Å². The van der Waals surface area contributed by atoms with Crippen molar-refractivity contribution in [1.29, 1.82) is 0 Å². The molecule has 1 aromatic rings. The maximum absolute atomic E-state index is 12.0. The molecule has 1 aromatic heterocycles. The second-order valence-corrected chi connectivity index (χ2v) is 7.14. The zero-order valence-corrected chi connectivity index (χ0v) is 13.4. The number of thiophene rings is 1. The van der Waals surface area contributed by atoms with Gasteiger partial charge in [0, 0.05) is 37.1 Å². The summed E-state index contributed by atoms with van der Waals surface area (Å²) in [6.07, 6.45) is 5.55. The third kappa shape index (κ3) is 4.28. The van der Waals surface area contributed by atoms with Crippen LogP contribution < -0.4 is 5.32 Å². The molecule has 1 N–H and O–H groups in total. The molecule has 5 heteroatoms. The van der Waals surface area contributed by atoms with Crippen LogP contribution in [0.2, 0.25) is 0 Å². The second kappa shape index (κ2) is 7.38. The van der Waals surface area contributed by atoms with Gasteiger partial charge in [-0.1, -0.05) is 18.9 Å². The van der Waals surface area contributed by atoms with E-state index in [1.54, 1.807) is 11.3 Å². The largest absolute Gasteiger partial charge is 0.350 e. The molecule has 0 atom stereocenters. The van der Waals surface area contributed by atoms with Gasteiger partial charge in [0.25, 0.3) is 0 Å². The monoisotopic (exact) mass is 307 g/mol. The number of nitrogens with one attached hydrogen (secondary N) is 1. The van der Waals surface area contributed by atoms with Crippen LogP contribution in [-0.2, 0) is 11.3 Å². The maximum atomic E-state index is 12.0. The molecule has 2 fully saturated rings. The van der Waals surface area contributed by atoms with Gasteiger partial charge in [-0.05, 0) is 24.3 Å². The molecule has 1 amide bonds. The molecule has 2 aliphatic rings. The van der Waals surface area contributed by atoms with E-state index in [-0.39, 0.29) is 5.91 Å². The van der Waals surface area contributed by atoms with Crippen LogP contribution in [0.25, 0.3) is 0 Å². The molecule has 116 valence electrons. The van der Waals surface area contributed by atoms with Crippen LogP contribution in [0.15, 0.2) is 17.5 Å². The summed E-state index contributed by atoms with van der Waals surface area (Å²) in [5, 5.41) is 5.06. The molecule has 0 spiro atoms. The highest BCUT2D eigenvalue weighted by Gasteiger charge is 2.26. The van der Waals surface area contributed by atoms with Crippen LogP contribution in [0.3, 0.4) is 0 Å². The standard InChI is InChI=1S/C16H25N3OS/c20-16(17-12-15-6-3-11-21-15)13-18-7-9-19(10-8-18)14-4-1-2-5-14/h3,6,11,14H,1-2,4-5,7-10,12-13H2,(H,17,20). The minimum atomic E-state index is 0.151. The minimum Gasteiger partial charge on any atom is -0.350 e. The van der Waals surface area contributed by atoms with Crippen molar-refractivity contribution in [1.82, 2.24) is 15.1 Å². The molecule has 1 aliphatic carbocycles. The van der Waals surface area contributed by atoms with Crippen molar-refractivity contribution >= 4 is 17.2 Å². The van der Waals surface area contributed by atoms with Gasteiger partial charge in [0.1, 0.15) is 0 Å². The van der Waals surface area contributed by atoms with Gasteiger partial charge in [0.05, 0.1) is 13.1 Å². The van der Waals surface area contributed by atoms with E-state index in [1.165, 1.54) is 30.6 Å². The Kier molecular flexibility index (Phi) is 5.27. The van der Waals surface area contributed by atoms with E-state index in [1.807, 2.05) is 11.4 Å². The smallest absolute Gasteiger partial charge is 0.234 e. The van der Waals surface area contributed by atoms with Crippen LogP contribution in [0.4, 0.5) is 0 Å². The summed E-state index contributed by atoms with van der Waals surface area (Å²) in [4.78, 5) is 18.1. The average Bonchev–Trinajstić information content (AvgIpc) is 3.19. The lowest BCUT2D eigenvalue weighted by Crippen LogP contribution is -2.51. The van der Waals surface area contributed by atoms with Gasteiger partial charge >= 0.3 is 0 Å². The highest BCUT2D eigenvalue weighted by molar-refractivity contribution is 7.09. The number of nitrogens with zero attached hydrogens (tertiary/aromatic N) is 2. The molecule has 0 unspecified atom stereocenters. The quantitative estimate of drug-likeness (QED) is 0.903. The zero-order chi connectivity index (χ0) is 14.5. The van der Waals surface area contributed by atoms with Crippen molar-refractivity contribution in [2.75, 3.05) is 32.7 Å². The first-order chi connectivity index (χ1) is 10.3. The number of rotatable bonds is 5. The lowest BCUT2D eigenvalue weighted by Gasteiger charge is -2.37. The van der Waals surface area contributed by atoms with Crippen molar-refractivity contribution in [3.63, 3.8) is 0 Å². The topological polar surface area (TPSA) is 35.6 Å². The Morgan fingerprint density at radius 1 is 1.24 bits per heavy atom. The third-order valence-electron chi connectivity index (χ3n) is 4.66. The van der Waals surface area contributed by atoms with Crippen LogP contribution in [0.1, 0.15) is 30.6 Å². The molecule has 0 bridgehead atoms. The second-order valence-electron chi connectivity index (χ2n) is 6.11. The number of piperazine rings is 1. The first-order valence-electron chi connectivity index (χ1n) is 8.07. The minimum absolute atomic E-state index is 0.151. The molecule has 0 radical (unpaired) electrons. The van der Waals surface area contributed by atoms with E-state index in [0.717, 1.165) is 32.2 Å². The van der Waals surface area contributed by atoms with Gasteiger partial charge in [-0.25, -0.2) is 0 Å². The van der Waals surface area contributed by atoms with Gasteiger partial charge in [0.2, 0.25) is 5.91 Å². The number of amides is 1. The summed E-state index contributed by atoms with van der Waals surface area (Å²) in [6, 6.07) is 4.90. The number of hydrogen-bond donors (Lipinski definition) is 1. The van der Waals surface area contributed by atoms with Gasteiger partial charge < -0.3 is 5.32 Å². The Hall–Kier alpha value is -0.910. The number of carbonyl (C=O) groups excluding carboxylic acids is 1. The maximum Gasteiger partial charge on any atom is 0.234 e. The van der Waals surface area contributed by atoms with Gasteiger partial charge in [-0.3, -0.25) is 14.6 Å². The highest BCUT2D eigenvalue weighted by atomic mass is 32.1. The lowest BCUT2D eigenvalue weighted by atomic mass is 10.2. The fraction of sp³-hybridized carbons (Fsp3) is 0.688. The number of hydrogen-bond acceptors (Lipinski definition) is 4. The van der Waals surface area contributed by atoms with E-state index in [0.29, 0.717) is 13.1 Å². The van der Waals surface area contributed by atoms with Gasteiger partial charge in [0.15, 0.2) is 0 Å². The molecule has 1 aliphatic heterocycles. The fourth-order valence-electron chi connectivity index (χ4n) is 3.41. The SMILES string of the molecule is O=C(CN1CCN(C2CCCC2)CC1)NCc1cccs1. The summed E-state index contributed by atoms with van der Waals surface area (Å²) in [5.74, 6) is 0.151. The molecule has 0 aromatic carbocycles.